The second kappa shape index (κ2) is 5.52. The number of rotatable bonds is 5. The molecule has 7 nitrogen and oxygen atoms in total. The van der Waals surface area contributed by atoms with E-state index in [9.17, 15) is 9.59 Å². The summed E-state index contributed by atoms with van der Waals surface area (Å²) in [6.07, 6.45) is 1.85. The van der Waals surface area contributed by atoms with Gasteiger partial charge in [0.15, 0.2) is 11.2 Å². The molecule has 0 aliphatic carbocycles. The molecule has 2 rings (SSSR count). The number of aryl methyl sites for hydroxylation is 2. The van der Waals surface area contributed by atoms with E-state index >= 15 is 0 Å². The first-order valence-electron chi connectivity index (χ1n) is 6.94. The lowest BCUT2D eigenvalue weighted by molar-refractivity contribution is 0.561. The second-order valence-electron chi connectivity index (χ2n) is 4.75. The third kappa shape index (κ3) is 2.03. The average molecular weight is 279 g/mol. The van der Waals surface area contributed by atoms with Gasteiger partial charge >= 0.3 is 5.69 Å². The number of hydrogen-bond acceptors (Lipinski definition) is 4. The van der Waals surface area contributed by atoms with Gasteiger partial charge in [0.2, 0.25) is 5.95 Å². The Balaban J connectivity index is 2.88. The summed E-state index contributed by atoms with van der Waals surface area (Å²) in [4.78, 5) is 29.2. The van der Waals surface area contributed by atoms with Gasteiger partial charge in [-0.15, -0.1) is 0 Å². The topological polar surface area (TPSA) is 73.8 Å². The fourth-order valence-corrected chi connectivity index (χ4v) is 2.38. The normalized spacial score (nSPS) is 11.2. The van der Waals surface area contributed by atoms with Gasteiger partial charge < -0.3 is 9.88 Å². The first-order chi connectivity index (χ1) is 9.56. The summed E-state index contributed by atoms with van der Waals surface area (Å²) in [5.74, 6) is 0.579. The molecule has 0 fully saturated rings. The lowest BCUT2D eigenvalue weighted by Gasteiger charge is -2.09. The first-order valence-corrected chi connectivity index (χ1v) is 6.94. The van der Waals surface area contributed by atoms with Gasteiger partial charge in [0, 0.05) is 27.2 Å². The average Bonchev–Trinajstić information content (AvgIpc) is 2.76. The van der Waals surface area contributed by atoms with Gasteiger partial charge in [0.1, 0.15) is 0 Å². The van der Waals surface area contributed by atoms with Crippen LogP contribution in [0, 0.1) is 0 Å². The predicted octanol–water partition coefficient (Wildman–Crippen LogP) is 0.758. The Morgan fingerprint density at radius 1 is 1.20 bits per heavy atom. The molecule has 0 atom stereocenters. The fourth-order valence-electron chi connectivity index (χ4n) is 2.38. The van der Waals surface area contributed by atoms with Crippen molar-refractivity contribution in [3.63, 3.8) is 0 Å². The molecule has 7 heteroatoms. The third-order valence-electron chi connectivity index (χ3n) is 3.52. The highest BCUT2D eigenvalue weighted by Gasteiger charge is 2.18. The summed E-state index contributed by atoms with van der Waals surface area (Å²) in [7, 11) is 3.52. The number of nitrogens with zero attached hydrogens (tertiary/aromatic N) is 4. The molecule has 2 aromatic rings. The molecule has 110 valence electrons. The summed E-state index contributed by atoms with van der Waals surface area (Å²) >= 11 is 0. The van der Waals surface area contributed by atoms with Crippen molar-refractivity contribution >= 4 is 17.1 Å². The van der Waals surface area contributed by atoms with Crippen LogP contribution in [0.1, 0.15) is 26.7 Å². The number of aromatic nitrogens is 4. The number of imidazole rings is 1. The Morgan fingerprint density at radius 3 is 2.45 bits per heavy atom. The third-order valence-corrected chi connectivity index (χ3v) is 3.52. The number of anilines is 1. The molecule has 2 heterocycles. The van der Waals surface area contributed by atoms with Crippen molar-refractivity contribution < 1.29 is 0 Å². The maximum absolute atomic E-state index is 12.4. The summed E-state index contributed by atoms with van der Waals surface area (Å²) in [5.41, 5.74) is 0.368. The highest BCUT2D eigenvalue weighted by Crippen LogP contribution is 2.13. The molecule has 0 aromatic carbocycles. The van der Waals surface area contributed by atoms with Crippen LogP contribution in [0.3, 0.4) is 0 Å². The highest BCUT2D eigenvalue weighted by atomic mass is 16.2. The number of unbranched alkanes of at least 4 members (excludes halogenated alkanes) is 1. The van der Waals surface area contributed by atoms with E-state index in [0.717, 1.165) is 12.8 Å². The monoisotopic (exact) mass is 279 g/mol. The predicted molar refractivity (Wildman–Crippen MR) is 79.4 cm³/mol. The summed E-state index contributed by atoms with van der Waals surface area (Å²) in [6.45, 7) is 4.80. The Kier molecular flexibility index (Phi) is 3.96. The summed E-state index contributed by atoms with van der Waals surface area (Å²) in [5, 5.41) is 2.94. The molecule has 20 heavy (non-hydrogen) atoms. The Morgan fingerprint density at radius 2 is 1.90 bits per heavy atom. The fraction of sp³-hybridized carbons (Fsp3) is 0.615. The van der Waals surface area contributed by atoms with E-state index in [1.54, 1.807) is 30.2 Å². The molecule has 0 unspecified atom stereocenters. The second-order valence-corrected chi connectivity index (χ2v) is 4.75. The van der Waals surface area contributed by atoms with Gasteiger partial charge in [-0.1, -0.05) is 13.3 Å². The van der Waals surface area contributed by atoms with Crippen molar-refractivity contribution in [3.8, 4) is 0 Å². The van der Waals surface area contributed by atoms with E-state index in [-0.39, 0.29) is 11.2 Å². The van der Waals surface area contributed by atoms with E-state index in [0.29, 0.717) is 30.2 Å². The van der Waals surface area contributed by atoms with E-state index in [1.165, 1.54) is 4.57 Å². The Labute approximate surface area is 116 Å². The molecule has 0 spiro atoms. The van der Waals surface area contributed by atoms with Gasteiger partial charge in [-0.2, -0.15) is 4.98 Å². The van der Waals surface area contributed by atoms with Crippen LogP contribution in [0.15, 0.2) is 9.59 Å². The zero-order valence-electron chi connectivity index (χ0n) is 12.4. The van der Waals surface area contributed by atoms with E-state index in [1.807, 2.05) is 0 Å². The van der Waals surface area contributed by atoms with Crippen LogP contribution in [0.5, 0.6) is 0 Å². The lowest BCUT2D eigenvalue weighted by Crippen LogP contribution is -2.40. The van der Waals surface area contributed by atoms with Crippen LogP contribution in [0.2, 0.25) is 0 Å². The zero-order valence-corrected chi connectivity index (χ0v) is 12.4. The lowest BCUT2D eigenvalue weighted by atomic mass is 10.3. The number of fused-ring (bicyclic) bond motifs is 1. The van der Waals surface area contributed by atoms with Crippen LogP contribution in [-0.4, -0.2) is 25.7 Å². The van der Waals surface area contributed by atoms with Crippen LogP contribution < -0.4 is 16.6 Å². The maximum Gasteiger partial charge on any atom is 0.332 e. The minimum Gasteiger partial charge on any atom is -0.359 e. The van der Waals surface area contributed by atoms with Crippen LogP contribution in [0.25, 0.3) is 11.2 Å². The molecule has 0 amide bonds. The number of nitrogens with one attached hydrogen (secondary N) is 1. The van der Waals surface area contributed by atoms with Gasteiger partial charge in [0.05, 0.1) is 0 Å². The SMILES string of the molecule is CCCCn1c(=O)n(CC)c(=O)c2c1nc(NC)n2C. The van der Waals surface area contributed by atoms with Crippen molar-refractivity contribution in [3.05, 3.63) is 20.8 Å². The van der Waals surface area contributed by atoms with E-state index in [4.69, 9.17) is 0 Å². The first kappa shape index (κ1) is 14.4. The van der Waals surface area contributed by atoms with Crippen molar-refractivity contribution in [1.29, 1.82) is 0 Å². The summed E-state index contributed by atoms with van der Waals surface area (Å²) < 4.78 is 4.56. The van der Waals surface area contributed by atoms with Crippen LogP contribution >= 0.6 is 0 Å². The minimum atomic E-state index is -0.281. The minimum absolute atomic E-state index is 0.279. The zero-order chi connectivity index (χ0) is 14.9. The van der Waals surface area contributed by atoms with Crippen LogP contribution in [-0.2, 0) is 20.1 Å². The largest absolute Gasteiger partial charge is 0.359 e. The Hall–Kier alpha value is -2.05. The molecule has 0 saturated heterocycles. The molecule has 0 radical (unpaired) electrons. The summed E-state index contributed by atoms with van der Waals surface area (Å²) in [6, 6.07) is 0. The molecule has 0 bridgehead atoms. The van der Waals surface area contributed by atoms with Crippen molar-refractivity contribution in [2.24, 2.45) is 7.05 Å². The highest BCUT2D eigenvalue weighted by molar-refractivity contribution is 5.74. The van der Waals surface area contributed by atoms with Gasteiger partial charge in [0.25, 0.3) is 5.56 Å². The Bertz CT molecular complexity index is 738. The van der Waals surface area contributed by atoms with Crippen molar-refractivity contribution in [2.45, 2.75) is 39.8 Å². The molecule has 2 aromatic heterocycles. The van der Waals surface area contributed by atoms with Crippen molar-refractivity contribution in [1.82, 2.24) is 18.7 Å². The standard InChI is InChI=1S/C13H21N5O2/c1-5-7-8-18-10-9(16(4)12(14-3)15-10)11(19)17(6-2)13(18)20/h5-8H2,1-4H3,(H,14,15). The molecule has 1 N–H and O–H groups in total. The molecule has 0 aliphatic rings. The quantitative estimate of drug-likeness (QED) is 0.877. The maximum atomic E-state index is 12.4. The molecule has 0 aliphatic heterocycles. The number of hydrogen-bond donors (Lipinski definition) is 1. The van der Waals surface area contributed by atoms with Gasteiger partial charge in [-0.25, -0.2) is 4.79 Å². The van der Waals surface area contributed by atoms with Crippen molar-refractivity contribution in [2.75, 3.05) is 12.4 Å². The van der Waals surface area contributed by atoms with Gasteiger partial charge in [-0.3, -0.25) is 13.9 Å². The molecule has 0 saturated carbocycles. The molecular weight excluding hydrogens is 258 g/mol. The van der Waals surface area contributed by atoms with E-state index < -0.39 is 0 Å². The molecular formula is C13H21N5O2. The van der Waals surface area contributed by atoms with E-state index in [2.05, 4.69) is 17.2 Å². The smallest absolute Gasteiger partial charge is 0.332 e. The van der Waals surface area contributed by atoms with Crippen LogP contribution in [0.4, 0.5) is 5.95 Å². The van der Waals surface area contributed by atoms with Gasteiger partial charge in [-0.05, 0) is 13.3 Å².